The van der Waals surface area contributed by atoms with Gasteiger partial charge in [-0.2, -0.15) is 0 Å². The lowest BCUT2D eigenvalue weighted by Gasteiger charge is -2.34. The highest BCUT2D eigenvalue weighted by Gasteiger charge is 2.53. The van der Waals surface area contributed by atoms with E-state index in [2.05, 4.69) is 41.5 Å². The van der Waals surface area contributed by atoms with Crippen LogP contribution in [0.4, 0.5) is 0 Å². The lowest BCUT2D eigenvalue weighted by atomic mass is 9.81. The summed E-state index contributed by atoms with van der Waals surface area (Å²) < 4.78 is 5.55. The molecule has 2 aromatic rings. The van der Waals surface area contributed by atoms with Crippen molar-refractivity contribution in [1.82, 2.24) is 10.3 Å². The fourth-order valence-corrected chi connectivity index (χ4v) is 3.91. The van der Waals surface area contributed by atoms with Gasteiger partial charge < -0.3 is 10.1 Å². The van der Waals surface area contributed by atoms with Gasteiger partial charge >= 0.3 is 0 Å². The number of pyridine rings is 1. The summed E-state index contributed by atoms with van der Waals surface area (Å²) >= 11 is 0. The molecule has 114 valence electrons. The average Bonchev–Trinajstić information content (AvgIpc) is 3.36. The predicted octanol–water partition coefficient (Wildman–Crippen LogP) is 3.32. The molecule has 1 fully saturated rings. The van der Waals surface area contributed by atoms with E-state index in [1.165, 1.54) is 35.2 Å². The first kappa shape index (κ1) is 13.8. The van der Waals surface area contributed by atoms with E-state index in [9.17, 15) is 0 Å². The number of nitrogens with one attached hydrogen (secondary N) is 1. The summed E-state index contributed by atoms with van der Waals surface area (Å²) in [6, 6.07) is 11.2. The van der Waals surface area contributed by atoms with E-state index in [1.807, 2.05) is 12.3 Å². The smallest absolute Gasteiger partial charge is 0.122 e. The van der Waals surface area contributed by atoms with Crippen molar-refractivity contribution in [3.8, 4) is 5.75 Å². The second-order valence-electron chi connectivity index (χ2n) is 6.53. The van der Waals surface area contributed by atoms with Gasteiger partial charge in [0.25, 0.3) is 0 Å². The van der Waals surface area contributed by atoms with Gasteiger partial charge in [-0.15, -0.1) is 0 Å². The number of aryl methyl sites for hydroxylation is 1. The van der Waals surface area contributed by atoms with Crippen LogP contribution in [0.2, 0.25) is 0 Å². The Morgan fingerprint density at radius 2 is 2.14 bits per heavy atom. The van der Waals surface area contributed by atoms with E-state index < -0.39 is 0 Å². The highest BCUT2D eigenvalue weighted by Crippen LogP contribution is 2.57. The Morgan fingerprint density at radius 3 is 2.82 bits per heavy atom. The number of methoxy groups -OCH3 is 1. The predicted molar refractivity (Wildman–Crippen MR) is 87.3 cm³/mol. The molecule has 1 aliphatic heterocycles. The van der Waals surface area contributed by atoms with Crippen LogP contribution in [0, 0.1) is 6.92 Å². The second-order valence-corrected chi connectivity index (χ2v) is 6.53. The molecule has 4 rings (SSSR count). The van der Waals surface area contributed by atoms with E-state index in [-0.39, 0.29) is 5.41 Å². The summed E-state index contributed by atoms with van der Waals surface area (Å²) in [6.45, 7) is 3.17. The minimum Gasteiger partial charge on any atom is -0.496 e. The number of aromatic nitrogens is 1. The molecular formula is C19H22N2O. The first-order chi connectivity index (χ1) is 10.7. The molecule has 1 atom stereocenters. The zero-order valence-electron chi connectivity index (χ0n) is 13.2. The third kappa shape index (κ3) is 2.03. The molecule has 0 amide bonds. The fourth-order valence-electron chi connectivity index (χ4n) is 3.91. The molecule has 1 saturated carbocycles. The number of fused-ring (bicyclic) bond motifs is 1. The van der Waals surface area contributed by atoms with Crippen LogP contribution in [0.5, 0.6) is 5.75 Å². The monoisotopic (exact) mass is 294 g/mol. The molecule has 1 aromatic carbocycles. The Balaban J connectivity index is 1.80. The number of nitrogens with zero attached hydrogens (tertiary/aromatic N) is 1. The lowest BCUT2D eigenvalue weighted by Crippen LogP contribution is -2.38. The van der Waals surface area contributed by atoms with Crippen molar-refractivity contribution in [2.45, 2.75) is 37.6 Å². The van der Waals surface area contributed by atoms with E-state index >= 15 is 0 Å². The van der Waals surface area contributed by atoms with Gasteiger partial charge in [0.15, 0.2) is 0 Å². The maximum atomic E-state index is 5.55. The van der Waals surface area contributed by atoms with Crippen LogP contribution in [-0.4, -0.2) is 18.6 Å². The molecule has 0 saturated heterocycles. The molecule has 1 unspecified atom stereocenters. The van der Waals surface area contributed by atoms with E-state index in [1.54, 1.807) is 7.11 Å². The van der Waals surface area contributed by atoms with E-state index in [0.717, 1.165) is 18.7 Å². The van der Waals surface area contributed by atoms with Crippen LogP contribution >= 0.6 is 0 Å². The maximum absolute atomic E-state index is 5.55. The number of hydrogen-bond donors (Lipinski definition) is 1. The Labute approximate surface area is 131 Å². The summed E-state index contributed by atoms with van der Waals surface area (Å²) in [5.74, 6) is 0.990. The van der Waals surface area contributed by atoms with Crippen LogP contribution in [0.3, 0.4) is 0 Å². The fraction of sp³-hybridized carbons (Fsp3) is 0.421. The van der Waals surface area contributed by atoms with Gasteiger partial charge in [0.1, 0.15) is 5.75 Å². The van der Waals surface area contributed by atoms with Gasteiger partial charge in [-0.25, -0.2) is 0 Å². The SMILES string of the molecule is COc1cc2c(cc1C)CCNC2C1(c2ccccn2)CC1. The molecule has 1 aliphatic carbocycles. The van der Waals surface area contributed by atoms with Crippen LogP contribution in [0.25, 0.3) is 0 Å². The van der Waals surface area contributed by atoms with Crippen molar-refractivity contribution < 1.29 is 4.74 Å². The molecule has 1 aromatic heterocycles. The third-order valence-corrected chi connectivity index (χ3v) is 5.23. The Kier molecular flexibility index (Phi) is 3.19. The standard InChI is InChI=1S/C19H22N2O/c1-13-11-14-6-10-21-18(15(14)12-16(13)22-2)19(7-8-19)17-5-3-4-9-20-17/h3-5,9,11-12,18,21H,6-8,10H2,1-2H3. The lowest BCUT2D eigenvalue weighted by molar-refractivity contribution is 0.390. The first-order valence-corrected chi connectivity index (χ1v) is 8.07. The maximum Gasteiger partial charge on any atom is 0.122 e. The zero-order valence-corrected chi connectivity index (χ0v) is 13.2. The van der Waals surface area contributed by atoms with Gasteiger partial charge in [-0.3, -0.25) is 4.98 Å². The van der Waals surface area contributed by atoms with Gasteiger partial charge in [0.2, 0.25) is 0 Å². The van der Waals surface area contributed by atoms with E-state index in [0.29, 0.717) is 6.04 Å². The summed E-state index contributed by atoms with van der Waals surface area (Å²) in [4.78, 5) is 4.65. The summed E-state index contributed by atoms with van der Waals surface area (Å²) in [7, 11) is 1.76. The van der Waals surface area contributed by atoms with Crippen molar-refractivity contribution in [3.05, 3.63) is 58.9 Å². The average molecular weight is 294 g/mol. The van der Waals surface area contributed by atoms with Crippen molar-refractivity contribution in [1.29, 1.82) is 0 Å². The number of rotatable bonds is 3. The van der Waals surface area contributed by atoms with Gasteiger partial charge in [0, 0.05) is 23.3 Å². The van der Waals surface area contributed by atoms with Gasteiger partial charge in [-0.05, 0) is 67.6 Å². The van der Waals surface area contributed by atoms with Crippen LogP contribution in [-0.2, 0) is 11.8 Å². The van der Waals surface area contributed by atoms with Crippen molar-refractivity contribution in [2.75, 3.05) is 13.7 Å². The summed E-state index contributed by atoms with van der Waals surface area (Å²) in [5, 5.41) is 3.75. The number of hydrogen-bond acceptors (Lipinski definition) is 3. The van der Waals surface area contributed by atoms with Gasteiger partial charge in [-0.1, -0.05) is 12.1 Å². The third-order valence-electron chi connectivity index (χ3n) is 5.23. The molecule has 1 N–H and O–H groups in total. The Bertz CT molecular complexity index is 692. The topological polar surface area (TPSA) is 34.1 Å². The van der Waals surface area contributed by atoms with Gasteiger partial charge in [0.05, 0.1) is 7.11 Å². The van der Waals surface area contributed by atoms with Crippen molar-refractivity contribution in [2.24, 2.45) is 0 Å². The van der Waals surface area contributed by atoms with Crippen molar-refractivity contribution in [3.63, 3.8) is 0 Å². The Morgan fingerprint density at radius 1 is 1.27 bits per heavy atom. The number of ether oxygens (including phenoxy) is 1. The highest BCUT2D eigenvalue weighted by atomic mass is 16.5. The molecule has 2 heterocycles. The molecule has 3 nitrogen and oxygen atoms in total. The highest BCUT2D eigenvalue weighted by molar-refractivity contribution is 5.48. The van der Waals surface area contributed by atoms with Crippen LogP contribution < -0.4 is 10.1 Å². The molecule has 0 bridgehead atoms. The van der Waals surface area contributed by atoms with E-state index in [4.69, 9.17) is 4.74 Å². The summed E-state index contributed by atoms with van der Waals surface area (Å²) in [6.07, 6.45) is 5.42. The molecule has 3 heteroatoms. The largest absolute Gasteiger partial charge is 0.496 e. The minimum absolute atomic E-state index is 0.163. The zero-order chi connectivity index (χ0) is 15.2. The molecule has 0 radical (unpaired) electrons. The quantitative estimate of drug-likeness (QED) is 0.943. The summed E-state index contributed by atoms with van der Waals surface area (Å²) in [5.41, 5.74) is 5.47. The van der Waals surface area contributed by atoms with Crippen LogP contribution in [0.15, 0.2) is 36.5 Å². The molecule has 0 spiro atoms. The van der Waals surface area contributed by atoms with Crippen molar-refractivity contribution >= 4 is 0 Å². The normalized spacial score (nSPS) is 22.0. The molecular weight excluding hydrogens is 272 g/mol. The molecule has 2 aliphatic rings. The number of benzene rings is 1. The Hall–Kier alpha value is -1.87. The second kappa shape index (κ2) is 5.10. The minimum atomic E-state index is 0.163. The van der Waals surface area contributed by atoms with Crippen LogP contribution in [0.1, 0.15) is 41.3 Å². The molecule has 22 heavy (non-hydrogen) atoms. The first-order valence-electron chi connectivity index (χ1n) is 8.07.